The molecule has 1 saturated heterocycles. The molecule has 2 aromatic rings. The van der Waals surface area contributed by atoms with E-state index in [0.29, 0.717) is 26.2 Å². The number of imide groups is 1. The van der Waals surface area contributed by atoms with Gasteiger partial charge in [0.25, 0.3) is 11.8 Å². The van der Waals surface area contributed by atoms with Gasteiger partial charge < -0.3 is 14.9 Å². The maximum absolute atomic E-state index is 12.7. The standard InChI is InChI=1S/C23H23N3O5/c27-20(25-14-12-24(13-15-25)16-6-2-1-3-7-16)11-10-19(23(30)31)26-21(28)17-8-4-5-9-18(17)22(26)29/h1-9,19H,10-15H2,(H,30,31)/t19-/m0/s1. The SMILES string of the molecule is O=C(O)[C@H](CCC(=O)N1CCN(c2ccccc2)CC1)N1C(=O)c2ccccc2C1=O. The second-order valence-electron chi connectivity index (χ2n) is 7.62. The molecule has 3 amide bonds. The van der Waals surface area contributed by atoms with E-state index in [1.54, 1.807) is 17.0 Å². The molecular weight excluding hydrogens is 398 g/mol. The van der Waals surface area contributed by atoms with Gasteiger partial charge in [-0.25, -0.2) is 4.79 Å². The van der Waals surface area contributed by atoms with Gasteiger partial charge in [0.15, 0.2) is 0 Å². The summed E-state index contributed by atoms with van der Waals surface area (Å²) < 4.78 is 0. The van der Waals surface area contributed by atoms with Gasteiger partial charge in [-0.05, 0) is 30.7 Å². The van der Waals surface area contributed by atoms with Gasteiger partial charge >= 0.3 is 5.97 Å². The quantitative estimate of drug-likeness (QED) is 0.715. The monoisotopic (exact) mass is 421 g/mol. The van der Waals surface area contributed by atoms with Crippen LogP contribution in [0.3, 0.4) is 0 Å². The minimum atomic E-state index is -1.37. The molecule has 1 fully saturated rings. The van der Waals surface area contributed by atoms with Gasteiger partial charge in [0.05, 0.1) is 11.1 Å². The van der Waals surface area contributed by atoms with Gasteiger partial charge in [-0.3, -0.25) is 19.3 Å². The summed E-state index contributed by atoms with van der Waals surface area (Å²) >= 11 is 0. The molecule has 0 spiro atoms. The molecule has 31 heavy (non-hydrogen) atoms. The average Bonchev–Trinajstić information content (AvgIpc) is 3.05. The van der Waals surface area contributed by atoms with E-state index >= 15 is 0 Å². The highest BCUT2D eigenvalue weighted by Crippen LogP contribution is 2.26. The van der Waals surface area contributed by atoms with Crippen molar-refractivity contribution in [3.05, 3.63) is 65.7 Å². The van der Waals surface area contributed by atoms with Crippen LogP contribution in [0.25, 0.3) is 0 Å². The number of rotatable bonds is 6. The van der Waals surface area contributed by atoms with Crippen molar-refractivity contribution >= 4 is 29.4 Å². The molecule has 2 aliphatic rings. The largest absolute Gasteiger partial charge is 0.480 e. The molecule has 2 heterocycles. The molecule has 2 aromatic carbocycles. The zero-order valence-corrected chi connectivity index (χ0v) is 16.9. The van der Waals surface area contributed by atoms with Gasteiger partial charge in [0, 0.05) is 38.3 Å². The smallest absolute Gasteiger partial charge is 0.326 e. The van der Waals surface area contributed by atoms with Gasteiger partial charge in [-0.1, -0.05) is 30.3 Å². The minimum Gasteiger partial charge on any atom is -0.480 e. The third kappa shape index (κ3) is 4.01. The number of nitrogens with zero attached hydrogens (tertiary/aromatic N) is 3. The van der Waals surface area contributed by atoms with Crippen molar-refractivity contribution in [1.82, 2.24) is 9.80 Å². The number of aliphatic carboxylic acids is 1. The Labute approximate surface area is 179 Å². The van der Waals surface area contributed by atoms with Gasteiger partial charge in [-0.15, -0.1) is 0 Å². The lowest BCUT2D eigenvalue weighted by Gasteiger charge is -2.36. The van der Waals surface area contributed by atoms with Crippen LogP contribution in [0.2, 0.25) is 0 Å². The van der Waals surface area contributed by atoms with E-state index in [4.69, 9.17) is 0 Å². The zero-order valence-electron chi connectivity index (χ0n) is 16.9. The first kappa shape index (κ1) is 20.6. The van der Waals surface area contributed by atoms with Crippen molar-refractivity contribution in [3.63, 3.8) is 0 Å². The molecule has 0 radical (unpaired) electrons. The number of piperazine rings is 1. The Morgan fingerprint density at radius 2 is 1.39 bits per heavy atom. The van der Waals surface area contributed by atoms with Crippen LogP contribution >= 0.6 is 0 Å². The second kappa shape index (κ2) is 8.59. The first-order valence-electron chi connectivity index (χ1n) is 10.2. The Kier molecular flexibility index (Phi) is 5.70. The maximum atomic E-state index is 12.7. The minimum absolute atomic E-state index is 0.0459. The third-order valence-electron chi connectivity index (χ3n) is 5.81. The van der Waals surface area contributed by atoms with Crippen LogP contribution in [0.4, 0.5) is 5.69 Å². The van der Waals surface area contributed by atoms with E-state index in [1.165, 1.54) is 12.1 Å². The van der Waals surface area contributed by atoms with E-state index in [1.807, 2.05) is 30.3 Å². The number of amides is 3. The van der Waals surface area contributed by atoms with E-state index in [2.05, 4.69) is 4.90 Å². The number of carboxylic acids is 1. The number of carbonyl (C=O) groups excluding carboxylic acids is 3. The molecule has 160 valence electrons. The van der Waals surface area contributed by atoms with Crippen LogP contribution in [-0.4, -0.2) is 70.8 Å². The number of para-hydroxylation sites is 1. The molecule has 1 atom stereocenters. The van der Waals surface area contributed by atoms with Crippen LogP contribution < -0.4 is 4.90 Å². The fourth-order valence-electron chi connectivity index (χ4n) is 4.13. The van der Waals surface area contributed by atoms with Gasteiger partial charge in [0.1, 0.15) is 6.04 Å². The molecule has 4 rings (SSSR count). The molecule has 8 nitrogen and oxygen atoms in total. The predicted octanol–water partition coefficient (Wildman–Crippen LogP) is 1.86. The zero-order chi connectivity index (χ0) is 22.0. The van der Waals surface area contributed by atoms with E-state index in [9.17, 15) is 24.3 Å². The summed E-state index contributed by atoms with van der Waals surface area (Å²) in [6, 6.07) is 14.8. The van der Waals surface area contributed by atoms with Gasteiger partial charge in [0.2, 0.25) is 5.91 Å². The van der Waals surface area contributed by atoms with Crippen LogP contribution in [0.5, 0.6) is 0 Å². The number of hydrogen-bond donors (Lipinski definition) is 1. The summed E-state index contributed by atoms with van der Waals surface area (Å²) in [6.07, 6.45) is -0.158. The van der Waals surface area contributed by atoms with Crippen LogP contribution in [-0.2, 0) is 9.59 Å². The summed E-state index contributed by atoms with van der Waals surface area (Å²) in [4.78, 5) is 54.4. The van der Waals surface area contributed by atoms with Crippen LogP contribution in [0.1, 0.15) is 33.6 Å². The predicted molar refractivity (Wildman–Crippen MR) is 113 cm³/mol. The first-order valence-corrected chi connectivity index (χ1v) is 10.2. The molecule has 8 heteroatoms. The van der Waals surface area contributed by atoms with Crippen molar-refractivity contribution in [2.45, 2.75) is 18.9 Å². The lowest BCUT2D eigenvalue weighted by atomic mass is 10.1. The fraction of sp³-hybridized carbons (Fsp3) is 0.304. The number of anilines is 1. The summed E-state index contributed by atoms with van der Waals surface area (Å²) in [5, 5.41) is 9.65. The highest BCUT2D eigenvalue weighted by atomic mass is 16.4. The number of fused-ring (bicyclic) bond motifs is 1. The second-order valence-corrected chi connectivity index (χ2v) is 7.62. The Morgan fingerprint density at radius 3 is 1.94 bits per heavy atom. The Balaban J connectivity index is 1.36. The van der Waals surface area contributed by atoms with Crippen molar-refractivity contribution in [3.8, 4) is 0 Å². The van der Waals surface area contributed by atoms with Crippen molar-refractivity contribution in [2.24, 2.45) is 0 Å². The molecular formula is C23H23N3O5. The highest BCUT2D eigenvalue weighted by molar-refractivity contribution is 6.22. The molecule has 0 aliphatic carbocycles. The van der Waals surface area contributed by atoms with Crippen molar-refractivity contribution < 1.29 is 24.3 Å². The molecule has 2 aliphatic heterocycles. The molecule has 0 saturated carbocycles. The average molecular weight is 421 g/mol. The summed E-state index contributed by atoms with van der Waals surface area (Å²) in [6.45, 7) is 2.46. The van der Waals surface area contributed by atoms with Crippen molar-refractivity contribution in [2.75, 3.05) is 31.1 Å². The number of benzene rings is 2. The summed E-state index contributed by atoms with van der Waals surface area (Å²) in [5.74, 6) is -2.72. The first-order chi connectivity index (χ1) is 15.0. The Bertz CT molecular complexity index is 980. The lowest BCUT2D eigenvalue weighted by molar-refractivity contribution is -0.142. The highest BCUT2D eigenvalue weighted by Gasteiger charge is 2.42. The maximum Gasteiger partial charge on any atom is 0.326 e. The normalized spacial score (nSPS) is 17.0. The topological polar surface area (TPSA) is 98.2 Å². The van der Waals surface area contributed by atoms with Crippen molar-refractivity contribution in [1.29, 1.82) is 0 Å². The number of carboxylic acid groups (broad SMARTS) is 1. The number of hydrogen-bond acceptors (Lipinski definition) is 5. The molecule has 0 bridgehead atoms. The Hall–Kier alpha value is -3.68. The van der Waals surface area contributed by atoms with Gasteiger partial charge in [-0.2, -0.15) is 0 Å². The molecule has 0 unspecified atom stereocenters. The van der Waals surface area contributed by atoms with Crippen LogP contribution in [0, 0.1) is 0 Å². The lowest BCUT2D eigenvalue weighted by Crippen LogP contribution is -2.49. The summed E-state index contributed by atoms with van der Waals surface area (Å²) in [7, 11) is 0. The van der Waals surface area contributed by atoms with E-state index < -0.39 is 23.8 Å². The fourth-order valence-corrected chi connectivity index (χ4v) is 4.13. The number of carbonyl (C=O) groups is 4. The molecule has 1 N–H and O–H groups in total. The third-order valence-corrected chi connectivity index (χ3v) is 5.81. The van der Waals surface area contributed by atoms with E-state index in [-0.39, 0.29) is 29.9 Å². The molecule has 0 aromatic heterocycles. The Morgan fingerprint density at radius 1 is 0.839 bits per heavy atom. The van der Waals surface area contributed by atoms with Crippen LogP contribution in [0.15, 0.2) is 54.6 Å². The van der Waals surface area contributed by atoms with E-state index in [0.717, 1.165) is 10.6 Å². The summed E-state index contributed by atoms with van der Waals surface area (Å²) in [5.41, 5.74) is 1.50.